The quantitative estimate of drug-likeness (QED) is 0.718. The molecule has 4 heteroatoms. The lowest BCUT2D eigenvalue weighted by atomic mass is 9.86. The fourth-order valence-corrected chi connectivity index (χ4v) is 1.79. The molecule has 0 aromatic rings. The number of rotatable bonds is 6. The molecular formula is C14H28N2O2. The van der Waals surface area contributed by atoms with Crippen LogP contribution in [0.3, 0.4) is 0 Å². The van der Waals surface area contributed by atoms with Crippen LogP contribution >= 0.6 is 0 Å². The Kier molecular flexibility index (Phi) is 6.96. The van der Waals surface area contributed by atoms with Crippen molar-refractivity contribution in [2.75, 3.05) is 0 Å². The molecule has 0 aliphatic rings. The Bertz CT molecular complexity index is 286. The monoisotopic (exact) mass is 256 g/mol. The van der Waals surface area contributed by atoms with Crippen LogP contribution in [0.15, 0.2) is 0 Å². The van der Waals surface area contributed by atoms with Gasteiger partial charge in [0.15, 0.2) is 0 Å². The van der Waals surface area contributed by atoms with E-state index < -0.39 is 0 Å². The summed E-state index contributed by atoms with van der Waals surface area (Å²) in [7, 11) is 0. The minimum absolute atomic E-state index is 0.0307. The van der Waals surface area contributed by atoms with Gasteiger partial charge in [-0.2, -0.15) is 0 Å². The number of hydrazine groups is 1. The van der Waals surface area contributed by atoms with Crippen LogP contribution in [-0.4, -0.2) is 11.8 Å². The molecule has 1 unspecified atom stereocenters. The molecule has 0 aliphatic heterocycles. The van der Waals surface area contributed by atoms with E-state index in [0.29, 0.717) is 6.42 Å². The van der Waals surface area contributed by atoms with Gasteiger partial charge in [-0.05, 0) is 17.8 Å². The highest BCUT2D eigenvalue weighted by Gasteiger charge is 2.22. The number of carbonyl (C=O) groups excluding carboxylic acids is 2. The van der Waals surface area contributed by atoms with Gasteiger partial charge in [-0.3, -0.25) is 20.4 Å². The summed E-state index contributed by atoms with van der Waals surface area (Å²) < 4.78 is 0. The lowest BCUT2D eigenvalue weighted by Crippen LogP contribution is -2.46. The maximum Gasteiger partial charge on any atom is 0.241 e. The highest BCUT2D eigenvalue weighted by Crippen LogP contribution is 2.23. The minimum Gasteiger partial charge on any atom is -0.273 e. The zero-order valence-electron chi connectivity index (χ0n) is 12.6. The molecule has 0 heterocycles. The van der Waals surface area contributed by atoms with Gasteiger partial charge in [-0.1, -0.05) is 48.0 Å². The number of carbonyl (C=O) groups is 2. The largest absolute Gasteiger partial charge is 0.273 e. The summed E-state index contributed by atoms with van der Waals surface area (Å²) >= 11 is 0. The molecule has 0 saturated carbocycles. The first kappa shape index (κ1) is 16.9. The molecule has 0 spiro atoms. The van der Waals surface area contributed by atoms with Crippen molar-refractivity contribution in [3.8, 4) is 0 Å². The maximum atomic E-state index is 11.8. The smallest absolute Gasteiger partial charge is 0.241 e. The van der Waals surface area contributed by atoms with Crippen LogP contribution in [0, 0.1) is 17.3 Å². The number of nitrogens with one attached hydrogen (secondary N) is 2. The summed E-state index contributed by atoms with van der Waals surface area (Å²) in [6.07, 6.45) is 2.13. The molecule has 0 bridgehead atoms. The average Bonchev–Trinajstić information content (AvgIpc) is 2.26. The van der Waals surface area contributed by atoms with Gasteiger partial charge < -0.3 is 0 Å². The summed E-state index contributed by atoms with van der Waals surface area (Å²) in [5.74, 6) is -0.00701. The highest BCUT2D eigenvalue weighted by atomic mass is 16.2. The molecule has 0 aromatic heterocycles. The Morgan fingerprint density at radius 3 is 2.06 bits per heavy atom. The Morgan fingerprint density at radius 1 is 1.11 bits per heavy atom. The molecular weight excluding hydrogens is 228 g/mol. The molecule has 106 valence electrons. The van der Waals surface area contributed by atoms with Gasteiger partial charge >= 0.3 is 0 Å². The van der Waals surface area contributed by atoms with Crippen LogP contribution in [0.4, 0.5) is 0 Å². The topological polar surface area (TPSA) is 58.2 Å². The second-order valence-corrected chi connectivity index (χ2v) is 5.99. The van der Waals surface area contributed by atoms with Gasteiger partial charge in [0.25, 0.3) is 0 Å². The number of hydrogen-bond donors (Lipinski definition) is 2. The molecule has 0 aromatic carbocycles. The van der Waals surface area contributed by atoms with E-state index in [9.17, 15) is 9.59 Å². The van der Waals surface area contributed by atoms with Crippen molar-refractivity contribution in [2.24, 2.45) is 17.3 Å². The maximum absolute atomic E-state index is 11.8. The summed E-state index contributed by atoms with van der Waals surface area (Å²) in [5.41, 5.74) is 5.00. The van der Waals surface area contributed by atoms with E-state index in [0.717, 1.165) is 12.8 Å². The molecule has 0 saturated heterocycles. The molecule has 2 amide bonds. The van der Waals surface area contributed by atoms with Crippen LogP contribution in [0.2, 0.25) is 0 Å². The third kappa shape index (κ3) is 6.03. The van der Waals surface area contributed by atoms with Crippen LogP contribution in [0.1, 0.15) is 60.8 Å². The van der Waals surface area contributed by atoms with E-state index in [4.69, 9.17) is 0 Å². The molecule has 1 atom stereocenters. The van der Waals surface area contributed by atoms with Crippen molar-refractivity contribution in [3.05, 3.63) is 0 Å². The Morgan fingerprint density at radius 2 is 1.67 bits per heavy atom. The van der Waals surface area contributed by atoms with Crippen LogP contribution < -0.4 is 10.9 Å². The SMILES string of the molecule is CCC(C(=O)NNC(=O)CC(C)(C)CC)C(C)C. The fraction of sp³-hybridized carbons (Fsp3) is 0.857. The van der Waals surface area contributed by atoms with Crippen LogP contribution in [0.25, 0.3) is 0 Å². The van der Waals surface area contributed by atoms with Crippen molar-refractivity contribution in [1.82, 2.24) is 10.9 Å². The van der Waals surface area contributed by atoms with Crippen molar-refractivity contribution in [1.29, 1.82) is 0 Å². The van der Waals surface area contributed by atoms with Gasteiger partial charge in [-0.25, -0.2) is 0 Å². The fourth-order valence-electron chi connectivity index (χ4n) is 1.79. The van der Waals surface area contributed by atoms with Crippen LogP contribution in [-0.2, 0) is 9.59 Å². The predicted molar refractivity (Wildman–Crippen MR) is 73.6 cm³/mol. The zero-order valence-corrected chi connectivity index (χ0v) is 12.6. The second kappa shape index (κ2) is 7.39. The molecule has 18 heavy (non-hydrogen) atoms. The highest BCUT2D eigenvalue weighted by molar-refractivity contribution is 5.83. The van der Waals surface area contributed by atoms with E-state index in [1.165, 1.54) is 0 Å². The first-order valence-corrected chi connectivity index (χ1v) is 6.82. The molecule has 2 N–H and O–H groups in total. The van der Waals surface area contributed by atoms with E-state index in [1.54, 1.807) is 0 Å². The summed E-state index contributed by atoms with van der Waals surface area (Å²) in [4.78, 5) is 23.5. The summed E-state index contributed by atoms with van der Waals surface area (Å²) in [5, 5.41) is 0. The van der Waals surface area contributed by atoms with Gasteiger partial charge in [0.1, 0.15) is 0 Å². The molecule has 0 radical (unpaired) electrons. The number of hydrogen-bond acceptors (Lipinski definition) is 2. The van der Waals surface area contributed by atoms with Gasteiger partial charge in [0.2, 0.25) is 11.8 Å². The van der Waals surface area contributed by atoms with Crippen molar-refractivity contribution in [3.63, 3.8) is 0 Å². The normalized spacial score (nSPS) is 13.3. The third-order valence-corrected chi connectivity index (χ3v) is 3.50. The van der Waals surface area contributed by atoms with E-state index in [1.807, 2.05) is 34.6 Å². The Hall–Kier alpha value is -1.06. The van der Waals surface area contributed by atoms with Gasteiger partial charge in [0.05, 0.1) is 0 Å². The Labute approximate surface area is 111 Å². The van der Waals surface area contributed by atoms with Gasteiger partial charge in [-0.15, -0.1) is 0 Å². The lowest BCUT2D eigenvalue weighted by molar-refractivity contribution is -0.133. The van der Waals surface area contributed by atoms with E-state index in [-0.39, 0.29) is 29.1 Å². The molecule has 4 nitrogen and oxygen atoms in total. The van der Waals surface area contributed by atoms with Crippen molar-refractivity contribution < 1.29 is 9.59 Å². The van der Waals surface area contributed by atoms with E-state index in [2.05, 4.69) is 17.8 Å². The van der Waals surface area contributed by atoms with Crippen LogP contribution in [0.5, 0.6) is 0 Å². The standard InChI is InChI=1S/C14H28N2O2/c1-7-11(10(3)4)13(18)16-15-12(17)9-14(5,6)8-2/h10-11H,7-9H2,1-6H3,(H,15,17)(H,16,18). The summed E-state index contributed by atoms with van der Waals surface area (Å²) in [6, 6.07) is 0. The van der Waals surface area contributed by atoms with Gasteiger partial charge in [0, 0.05) is 12.3 Å². The molecule has 0 rings (SSSR count). The second-order valence-electron chi connectivity index (χ2n) is 5.99. The molecule has 0 aliphatic carbocycles. The van der Waals surface area contributed by atoms with Crippen molar-refractivity contribution >= 4 is 11.8 Å². The summed E-state index contributed by atoms with van der Waals surface area (Å²) in [6.45, 7) is 12.1. The third-order valence-electron chi connectivity index (χ3n) is 3.50. The minimum atomic E-state index is -0.131. The Balaban J connectivity index is 4.17. The molecule has 0 fully saturated rings. The first-order valence-electron chi connectivity index (χ1n) is 6.82. The van der Waals surface area contributed by atoms with E-state index >= 15 is 0 Å². The average molecular weight is 256 g/mol. The lowest BCUT2D eigenvalue weighted by Gasteiger charge is -2.23. The number of amides is 2. The van der Waals surface area contributed by atoms with Crippen molar-refractivity contribution in [2.45, 2.75) is 60.8 Å². The zero-order chi connectivity index (χ0) is 14.3. The first-order chi connectivity index (χ1) is 8.23. The predicted octanol–water partition coefficient (Wildman–Crippen LogP) is 2.64.